The molecule has 0 saturated carbocycles. The Morgan fingerprint density at radius 3 is 2.17 bits per heavy atom. The summed E-state index contributed by atoms with van der Waals surface area (Å²) in [5, 5.41) is 2.93. The SMILES string of the molecule is Cc1cccc(NC(=O)N2CCN(C(=O)N3CCCCC3)CC2)c1. The molecule has 0 aliphatic carbocycles. The van der Waals surface area contributed by atoms with Crippen molar-refractivity contribution in [3.63, 3.8) is 0 Å². The molecule has 0 unspecified atom stereocenters. The van der Waals surface area contributed by atoms with Gasteiger partial charge in [-0.3, -0.25) is 0 Å². The van der Waals surface area contributed by atoms with Crippen LogP contribution in [0.15, 0.2) is 24.3 Å². The molecule has 24 heavy (non-hydrogen) atoms. The van der Waals surface area contributed by atoms with Crippen molar-refractivity contribution in [3.8, 4) is 0 Å². The molecule has 3 rings (SSSR count). The molecule has 2 aliphatic heterocycles. The molecule has 0 bridgehead atoms. The van der Waals surface area contributed by atoms with Crippen LogP contribution in [0, 0.1) is 6.92 Å². The van der Waals surface area contributed by atoms with Gasteiger partial charge in [-0.1, -0.05) is 12.1 Å². The Kier molecular flexibility index (Phi) is 5.23. The van der Waals surface area contributed by atoms with Crippen LogP contribution in [0.3, 0.4) is 0 Å². The fourth-order valence-electron chi connectivity index (χ4n) is 3.31. The number of piperazine rings is 1. The van der Waals surface area contributed by atoms with E-state index in [4.69, 9.17) is 0 Å². The summed E-state index contributed by atoms with van der Waals surface area (Å²) in [4.78, 5) is 30.5. The quantitative estimate of drug-likeness (QED) is 0.861. The number of hydrogen-bond acceptors (Lipinski definition) is 2. The van der Waals surface area contributed by atoms with E-state index in [-0.39, 0.29) is 12.1 Å². The number of anilines is 1. The summed E-state index contributed by atoms with van der Waals surface area (Å²) in [7, 11) is 0. The van der Waals surface area contributed by atoms with Crippen LogP contribution < -0.4 is 5.32 Å². The highest BCUT2D eigenvalue weighted by Crippen LogP contribution is 2.14. The van der Waals surface area contributed by atoms with Gasteiger partial charge in [0, 0.05) is 45.0 Å². The minimum Gasteiger partial charge on any atom is -0.325 e. The highest BCUT2D eigenvalue weighted by molar-refractivity contribution is 5.89. The summed E-state index contributed by atoms with van der Waals surface area (Å²) in [6.45, 7) is 6.11. The summed E-state index contributed by atoms with van der Waals surface area (Å²) in [6, 6.07) is 7.81. The van der Waals surface area contributed by atoms with Gasteiger partial charge in [0.1, 0.15) is 0 Å². The number of urea groups is 2. The number of likely N-dealkylation sites (tertiary alicyclic amines) is 1. The average Bonchev–Trinajstić information content (AvgIpc) is 2.62. The van der Waals surface area contributed by atoms with Crippen molar-refractivity contribution in [2.75, 3.05) is 44.6 Å². The zero-order valence-electron chi connectivity index (χ0n) is 14.3. The number of rotatable bonds is 1. The van der Waals surface area contributed by atoms with E-state index in [1.165, 1.54) is 6.42 Å². The standard InChI is InChI=1S/C18H26N4O2/c1-15-6-5-7-16(14-15)19-17(23)20-10-12-22(13-11-20)18(24)21-8-3-2-4-9-21/h5-7,14H,2-4,8-13H2,1H3,(H,19,23). The van der Waals surface area contributed by atoms with Crippen LogP contribution in [0.5, 0.6) is 0 Å². The van der Waals surface area contributed by atoms with Crippen LogP contribution in [0.1, 0.15) is 24.8 Å². The predicted molar refractivity (Wildman–Crippen MR) is 94.2 cm³/mol. The second kappa shape index (κ2) is 7.55. The fourth-order valence-corrected chi connectivity index (χ4v) is 3.31. The molecule has 0 radical (unpaired) electrons. The van der Waals surface area contributed by atoms with Crippen LogP contribution in [0.25, 0.3) is 0 Å². The molecular weight excluding hydrogens is 304 g/mol. The van der Waals surface area contributed by atoms with Gasteiger partial charge in [0.25, 0.3) is 0 Å². The van der Waals surface area contributed by atoms with Crippen molar-refractivity contribution < 1.29 is 9.59 Å². The Labute approximate surface area is 143 Å². The largest absolute Gasteiger partial charge is 0.325 e. The second-order valence-electron chi connectivity index (χ2n) is 6.60. The number of amides is 4. The molecule has 130 valence electrons. The van der Waals surface area contributed by atoms with E-state index in [0.29, 0.717) is 26.2 Å². The van der Waals surface area contributed by atoms with E-state index in [9.17, 15) is 9.59 Å². The topological polar surface area (TPSA) is 55.9 Å². The van der Waals surface area contributed by atoms with Crippen LogP contribution in [0.2, 0.25) is 0 Å². The van der Waals surface area contributed by atoms with E-state index in [1.54, 1.807) is 4.90 Å². The van der Waals surface area contributed by atoms with Crippen molar-refractivity contribution in [1.82, 2.24) is 14.7 Å². The van der Waals surface area contributed by atoms with Gasteiger partial charge in [-0.15, -0.1) is 0 Å². The molecule has 6 heteroatoms. The molecule has 0 aromatic heterocycles. The highest BCUT2D eigenvalue weighted by Gasteiger charge is 2.27. The summed E-state index contributed by atoms with van der Waals surface area (Å²) >= 11 is 0. The van der Waals surface area contributed by atoms with Crippen LogP contribution in [-0.2, 0) is 0 Å². The lowest BCUT2D eigenvalue weighted by Crippen LogP contribution is -2.55. The number of hydrogen-bond donors (Lipinski definition) is 1. The van der Waals surface area contributed by atoms with Gasteiger partial charge in [-0.2, -0.15) is 0 Å². The fraction of sp³-hybridized carbons (Fsp3) is 0.556. The summed E-state index contributed by atoms with van der Waals surface area (Å²) in [5.41, 5.74) is 1.93. The van der Waals surface area contributed by atoms with Crippen molar-refractivity contribution >= 4 is 17.7 Å². The Hall–Kier alpha value is -2.24. The number of carbonyl (C=O) groups excluding carboxylic acids is 2. The molecule has 2 aliphatic rings. The molecule has 0 spiro atoms. The Balaban J connectivity index is 1.49. The van der Waals surface area contributed by atoms with Gasteiger partial charge < -0.3 is 20.0 Å². The number of nitrogens with one attached hydrogen (secondary N) is 1. The number of piperidine rings is 1. The van der Waals surface area contributed by atoms with Gasteiger partial charge in [-0.05, 0) is 43.9 Å². The zero-order chi connectivity index (χ0) is 16.9. The molecular formula is C18H26N4O2. The van der Waals surface area contributed by atoms with Gasteiger partial charge >= 0.3 is 12.1 Å². The summed E-state index contributed by atoms with van der Waals surface area (Å²) in [6.07, 6.45) is 3.42. The van der Waals surface area contributed by atoms with E-state index >= 15 is 0 Å². The van der Waals surface area contributed by atoms with Crippen molar-refractivity contribution in [2.45, 2.75) is 26.2 Å². The lowest BCUT2D eigenvalue weighted by Gasteiger charge is -2.38. The Morgan fingerprint density at radius 2 is 1.50 bits per heavy atom. The van der Waals surface area contributed by atoms with Crippen molar-refractivity contribution in [1.29, 1.82) is 0 Å². The van der Waals surface area contributed by atoms with Gasteiger partial charge in [0.2, 0.25) is 0 Å². The first-order valence-electron chi connectivity index (χ1n) is 8.80. The molecule has 1 aromatic carbocycles. The Bertz CT molecular complexity index is 590. The first-order chi connectivity index (χ1) is 11.6. The van der Waals surface area contributed by atoms with Crippen molar-refractivity contribution in [2.24, 2.45) is 0 Å². The molecule has 6 nitrogen and oxygen atoms in total. The van der Waals surface area contributed by atoms with Crippen LogP contribution in [0.4, 0.5) is 15.3 Å². The molecule has 2 saturated heterocycles. The normalized spacial score (nSPS) is 18.5. The maximum absolute atomic E-state index is 12.5. The van der Waals surface area contributed by atoms with E-state index in [1.807, 2.05) is 41.0 Å². The first-order valence-corrected chi connectivity index (χ1v) is 8.80. The average molecular weight is 330 g/mol. The maximum Gasteiger partial charge on any atom is 0.321 e. The third kappa shape index (κ3) is 3.99. The van der Waals surface area contributed by atoms with E-state index in [2.05, 4.69) is 5.32 Å². The van der Waals surface area contributed by atoms with Crippen LogP contribution in [-0.4, -0.2) is 66.0 Å². The predicted octanol–water partition coefficient (Wildman–Crippen LogP) is 2.75. The van der Waals surface area contributed by atoms with Crippen LogP contribution >= 0.6 is 0 Å². The third-order valence-electron chi connectivity index (χ3n) is 4.73. The lowest BCUT2D eigenvalue weighted by molar-refractivity contribution is 0.116. The van der Waals surface area contributed by atoms with Gasteiger partial charge in [-0.25, -0.2) is 9.59 Å². The molecule has 2 fully saturated rings. The van der Waals surface area contributed by atoms with E-state index in [0.717, 1.165) is 37.2 Å². The smallest absolute Gasteiger partial charge is 0.321 e. The van der Waals surface area contributed by atoms with Gasteiger partial charge in [0.05, 0.1) is 0 Å². The Morgan fingerprint density at radius 1 is 0.875 bits per heavy atom. The summed E-state index contributed by atoms with van der Waals surface area (Å²) < 4.78 is 0. The number of nitrogens with zero attached hydrogens (tertiary/aromatic N) is 3. The third-order valence-corrected chi connectivity index (χ3v) is 4.73. The van der Waals surface area contributed by atoms with E-state index < -0.39 is 0 Å². The highest BCUT2D eigenvalue weighted by atomic mass is 16.2. The maximum atomic E-state index is 12.5. The molecule has 0 atom stereocenters. The number of carbonyl (C=O) groups is 2. The monoisotopic (exact) mass is 330 g/mol. The number of benzene rings is 1. The molecule has 1 aromatic rings. The minimum absolute atomic E-state index is 0.0920. The zero-order valence-corrected chi connectivity index (χ0v) is 14.3. The minimum atomic E-state index is -0.0920. The summed E-state index contributed by atoms with van der Waals surface area (Å²) in [5.74, 6) is 0. The lowest BCUT2D eigenvalue weighted by atomic mass is 10.1. The number of aryl methyl sites for hydroxylation is 1. The molecule has 1 N–H and O–H groups in total. The second-order valence-corrected chi connectivity index (χ2v) is 6.60. The van der Waals surface area contributed by atoms with Gasteiger partial charge in [0.15, 0.2) is 0 Å². The molecule has 4 amide bonds. The molecule has 2 heterocycles. The van der Waals surface area contributed by atoms with Crippen molar-refractivity contribution in [3.05, 3.63) is 29.8 Å². The first kappa shape index (κ1) is 16.6.